The molecule has 3 heterocycles. The lowest BCUT2D eigenvalue weighted by atomic mass is 10.0. The largest absolute Gasteiger partial charge is 0.416 e. The minimum absolute atomic E-state index is 0.200. The maximum atomic E-state index is 13.0. The Labute approximate surface area is 229 Å². The fourth-order valence-electron chi connectivity index (χ4n) is 4.14. The number of aromatic amines is 1. The quantitative estimate of drug-likeness (QED) is 0.346. The van der Waals surface area contributed by atoms with Crippen LogP contribution >= 0.6 is 0 Å². The highest BCUT2D eigenvalue weighted by atomic mass is 32.2. The normalized spacial score (nSPS) is 13.8. The Morgan fingerprint density at radius 1 is 1.05 bits per heavy atom. The monoisotopic (exact) mass is 573 g/mol. The maximum absolute atomic E-state index is 13.0. The number of fused-ring (bicyclic) bond motifs is 1. The molecule has 1 aliphatic rings. The van der Waals surface area contributed by atoms with Gasteiger partial charge in [-0.2, -0.15) is 21.6 Å². The minimum Gasteiger partial charge on any atom is -0.379 e. The number of nitrogens with zero attached hydrogens (tertiary/aromatic N) is 3. The van der Waals surface area contributed by atoms with Crippen LogP contribution in [0.4, 0.5) is 18.9 Å². The van der Waals surface area contributed by atoms with E-state index in [0.717, 1.165) is 37.3 Å². The first-order valence-electron chi connectivity index (χ1n) is 12.3. The zero-order valence-electron chi connectivity index (χ0n) is 21.2. The van der Waals surface area contributed by atoms with Crippen molar-refractivity contribution in [2.75, 3.05) is 39.4 Å². The Bertz CT molecular complexity index is 1560. The van der Waals surface area contributed by atoms with Crippen molar-refractivity contribution in [1.29, 1.82) is 0 Å². The molecule has 1 saturated heterocycles. The number of hydrogen-bond acceptors (Lipinski definition) is 7. The Kier molecular flexibility index (Phi) is 9.64. The SMILES string of the molecule is FC(F)(F)c1ccccc1.O=C(NCCN1CCOCC1)c1[nH]c2ncc(N=S(=O)=O)cc2c1-c1ccccc1. The first kappa shape index (κ1) is 28.9. The summed E-state index contributed by atoms with van der Waals surface area (Å²) in [6.45, 7) is 4.38. The molecular formula is C27H26F3N5O4S. The van der Waals surface area contributed by atoms with Gasteiger partial charge in [-0.25, -0.2) is 4.98 Å². The number of H-pyrrole nitrogens is 1. The molecule has 40 heavy (non-hydrogen) atoms. The van der Waals surface area contributed by atoms with Crippen LogP contribution in [-0.4, -0.2) is 68.6 Å². The molecule has 2 aromatic heterocycles. The Balaban J connectivity index is 0.000000312. The molecule has 1 aliphatic heterocycles. The third-order valence-electron chi connectivity index (χ3n) is 6.02. The van der Waals surface area contributed by atoms with Crippen molar-refractivity contribution < 1.29 is 31.1 Å². The van der Waals surface area contributed by atoms with Crippen LogP contribution in [0.2, 0.25) is 0 Å². The van der Waals surface area contributed by atoms with Gasteiger partial charge in [0.2, 0.25) is 0 Å². The van der Waals surface area contributed by atoms with E-state index in [1.54, 1.807) is 12.1 Å². The molecule has 2 aromatic carbocycles. The Morgan fingerprint density at radius 2 is 1.70 bits per heavy atom. The van der Waals surface area contributed by atoms with Crippen LogP contribution in [0.3, 0.4) is 0 Å². The number of hydrogen-bond donors (Lipinski definition) is 2. The van der Waals surface area contributed by atoms with Crippen molar-refractivity contribution in [1.82, 2.24) is 20.2 Å². The maximum Gasteiger partial charge on any atom is 0.416 e. The van der Waals surface area contributed by atoms with Crippen molar-refractivity contribution in [3.63, 3.8) is 0 Å². The number of aromatic nitrogens is 2. The summed E-state index contributed by atoms with van der Waals surface area (Å²) in [5.74, 6) is -0.244. The highest BCUT2D eigenvalue weighted by Gasteiger charge is 2.29. The van der Waals surface area contributed by atoms with Crippen molar-refractivity contribution >= 4 is 33.1 Å². The summed E-state index contributed by atoms with van der Waals surface area (Å²) in [7, 11) is -2.59. The number of rotatable bonds is 6. The zero-order valence-corrected chi connectivity index (χ0v) is 22.0. The number of carbonyl (C=O) groups excluding carboxylic acids is 1. The van der Waals surface area contributed by atoms with Gasteiger partial charge < -0.3 is 15.0 Å². The molecular weight excluding hydrogens is 547 g/mol. The number of alkyl halides is 3. The molecule has 0 aliphatic carbocycles. The number of morpholine rings is 1. The van der Waals surface area contributed by atoms with Crippen molar-refractivity contribution in [2.45, 2.75) is 6.18 Å². The minimum atomic E-state index is -4.21. The first-order chi connectivity index (χ1) is 19.2. The van der Waals surface area contributed by atoms with E-state index in [2.05, 4.69) is 24.5 Å². The van der Waals surface area contributed by atoms with Gasteiger partial charge in [-0.3, -0.25) is 9.69 Å². The van der Waals surface area contributed by atoms with Gasteiger partial charge in [-0.15, -0.1) is 4.36 Å². The average Bonchev–Trinajstić information content (AvgIpc) is 3.33. The van der Waals surface area contributed by atoms with E-state index in [0.29, 0.717) is 42.0 Å². The molecule has 4 aromatic rings. The molecule has 0 saturated carbocycles. The predicted octanol–water partition coefficient (Wildman–Crippen LogP) is 4.69. The van der Waals surface area contributed by atoms with E-state index in [1.807, 2.05) is 30.3 Å². The predicted molar refractivity (Wildman–Crippen MR) is 144 cm³/mol. The smallest absolute Gasteiger partial charge is 0.379 e. The van der Waals surface area contributed by atoms with Crippen molar-refractivity contribution in [2.24, 2.45) is 4.36 Å². The number of carbonyl (C=O) groups is 1. The van der Waals surface area contributed by atoms with Crippen LogP contribution < -0.4 is 5.32 Å². The van der Waals surface area contributed by atoms with Crippen LogP contribution in [0, 0.1) is 0 Å². The topological polar surface area (TPSA) is 117 Å². The van der Waals surface area contributed by atoms with E-state index in [1.165, 1.54) is 18.3 Å². The van der Waals surface area contributed by atoms with Crippen molar-refractivity contribution in [3.05, 3.63) is 84.2 Å². The lowest BCUT2D eigenvalue weighted by Gasteiger charge is -2.26. The van der Waals surface area contributed by atoms with Gasteiger partial charge in [0.25, 0.3) is 5.91 Å². The highest BCUT2D eigenvalue weighted by molar-refractivity contribution is 7.61. The molecule has 5 rings (SSSR count). The highest BCUT2D eigenvalue weighted by Crippen LogP contribution is 2.33. The average molecular weight is 574 g/mol. The van der Waals surface area contributed by atoms with Crippen molar-refractivity contribution in [3.8, 4) is 11.1 Å². The summed E-state index contributed by atoms with van der Waals surface area (Å²) in [5, 5.41) is 3.59. The molecule has 210 valence electrons. The van der Waals surface area contributed by atoms with Crippen LogP contribution in [0.5, 0.6) is 0 Å². The third-order valence-corrected chi connectivity index (χ3v) is 6.38. The van der Waals surface area contributed by atoms with Crippen LogP contribution in [0.15, 0.2) is 77.3 Å². The molecule has 0 spiro atoms. The molecule has 13 heteroatoms. The van der Waals surface area contributed by atoms with E-state index >= 15 is 0 Å². The second-order valence-electron chi connectivity index (χ2n) is 8.71. The number of ether oxygens (including phenoxy) is 1. The van der Waals surface area contributed by atoms with Gasteiger partial charge >= 0.3 is 16.7 Å². The fraction of sp³-hybridized carbons (Fsp3) is 0.259. The summed E-state index contributed by atoms with van der Waals surface area (Å²) in [6, 6.07) is 17.4. The zero-order chi connectivity index (χ0) is 28.5. The number of benzene rings is 2. The summed E-state index contributed by atoms with van der Waals surface area (Å²) in [4.78, 5) is 22.6. The lowest BCUT2D eigenvalue weighted by Crippen LogP contribution is -2.41. The summed E-state index contributed by atoms with van der Waals surface area (Å²) in [5.41, 5.74) is 1.95. The molecule has 1 fully saturated rings. The standard InChI is InChI=1S/C20H21N5O4S.C7H5F3/c26-20(21-6-7-25-8-10-29-11-9-25)18-17(14-4-2-1-3-5-14)16-12-15(24-30(27)28)13-22-19(16)23-18;8-7(9,10)6-4-2-1-3-5-6/h1-5,12-13H,6-11H2,(H,21,26)(H,22,23);1-5H. The number of halogens is 3. The van der Waals surface area contributed by atoms with Gasteiger partial charge in [-0.1, -0.05) is 60.7 Å². The van der Waals surface area contributed by atoms with Gasteiger partial charge in [0.1, 0.15) is 17.0 Å². The summed E-state index contributed by atoms with van der Waals surface area (Å²) in [6.07, 6.45) is -2.86. The van der Waals surface area contributed by atoms with E-state index in [4.69, 9.17) is 4.74 Å². The second-order valence-corrected chi connectivity index (χ2v) is 9.33. The number of pyridine rings is 1. The fourth-order valence-corrected chi connectivity index (χ4v) is 4.41. The first-order valence-corrected chi connectivity index (χ1v) is 13.3. The Hall–Kier alpha value is -4.07. The Morgan fingerprint density at radius 3 is 2.30 bits per heavy atom. The van der Waals surface area contributed by atoms with Gasteiger partial charge in [0.05, 0.1) is 25.0 Å². The molecule has 0 atom stereocenters. The molecule has 9 nitrogen and oxygen atoms in total. The molecule has 0 radical (unpaired) electrons. The number of nitrogens with one attached hydrogen (secondary N) is 2. The summed E-state index contributed by atoms with van der Waals surface area (Å²) < 4.78 is 66.1. The van der Waals surface area contributed by atoms with E-state index in [-0.39, 0.29) is 11.6 Å². The number of amides is 1. The summed E-state index contributed by atoms with van der Waals surface area (Å²) >= 11 is 0. The molecule has 1 amide bonds. The molecule has 0 bridgehead atoms. The van der Waals surface area contributed by atoms with Crippen LogP contribution in [0.1, 0.15) is 16.1 Å². The third kappa shape index (κ3) is 7.74. The lowest BCUT2D eigenvalue weighted by molar-refractivity contribution is -0.137. The second kappa shape index (κ2) is 13.3. The van der Waals surface area contributed by atoms with E-state index < -0.39 is 22.2 Å². The van der Waals surface area contributed by atoms with Gasteiger partial charge in [0, 0.05) is 37.1 Å². The van der Waals surface area contributed by atoms with E-state index in [9.17, 15) is 26.4 Å². The molecule has 0 unspecified atom stereocenters. The van der Waals surface area contributed by atoms with Gasteiger partial charge in [-0.05, 0) is 11.6 Å². The van der Waals surface area contributed by atoms with Crippen LogP contribution in [-0.2, 0) is 21.4 Å². The van der Waals surface area contributed by atoms with Crippen LogP contribution in [0.25, 0.3) is 22.2 Å². The molecule has 2 N–H and O–H groups in total. The van der Waals surface area contributed by atoms with Gasteiger partial charge in [0.15, 0.2) is 0 Å².